The minimum absolute atomic E-state index is 0.0972. The van der Waals surface area contributed by atoms with Gasteiger partial charge in [-0.3, -0.25) is 4.79 Å². The number of carbonyl (C=O) groups excluding carboxylic acids is 1. The van der Waals surface area contributed by atoms with E-state index >= 15 is 0 Å². The van der Waals surface area contributed by atoms with Crippen LogP contribution < -0.4 is 5.32 Å². The van der Waals surface area contributed by atoms with E-state index in [-0.39, 0.29) is 25.3 Å². The molecular weight excluding hydrogens is 272 g/mol. The zero-order valence-corrected chi connectivity index (χ0v) is 11.3. The number of nitrogens with one attached hydrogen (secondary N) is 1. The Morgan fingerprint density at radius 1 is 1.21 bits per heavy atom. The van der Waals surface area contributed by atoms with Gasteiger partial charge in [-0.25, -0.2) is 9.59 Å². The van der Waals surface area contributed by atoms with E-state index < -0.39 is 18.0 Å². The first-order valence-corrected chi connectivity index (χ1v) is 7.24. The maximum Gasteiger partial charge on any atom is 0.326 e. The van der Waals surface area contributed by atoms with Gasteiger partial charge in [0.15, 0.2) is 0 Å². The number of carbonyl (C=O) groups is 3. The lowest BCUT2D eigenvalue weighted by atomic mass is 10.1. The second kappa shape index (κ2) is 7.88. The quantitative estimate of drug-likeness (QED) is 0.656. The van der Waals surface area contributed by atoms with Gasteiger partial charge in [0.1, 0.15) is 6.04 Å². The molecule has 0 unspecified atom stereocenters. The molecule has 0 saturated carbocycles. The minimum atomic E-state index is -1.13. The molecule has 0 aliphatic carbocycles. The molecule has 1 saturated heterocycles. The average Bonchev–Trinajstić information content (AvgIpc) is 2.37. The molecule has 1 aliphatic heterocycles. The van der Waals surface area contributed by atoms with Crippen molar-refractivity contribution in [1.82, 2.24) is 10.2 Å². The number of nitrogens with zero attached hydrogens (tertiary/aromatic N) is 1. The Hall–Kier alpha value is -1.44. The van der Waals surface area contributed by atoms with Crippen molar-refractivity contribution in [2.24, 2.45) is 0 Å². The second-order valence-electron chi connectivity index (χ2n) is 4.23. The van der Waals surface area contributed by atoms with E-state index in [1.165, 1.54) is 0 Å². The summed E-state index contributed by atoms with van der Waals surface area (Å²) in [7, 11) is 0. The molecule has 3 N–H and O–H groups in total. The van der Waals surface area contributed by atoms with Gasteiger partial charge in [0.2, 0.25) is 0 Å². The van der Waals surface area contributed by atoms with Gasteiger partial charge >= 0.3 is 18.0 Å². The molecule has 0 spiro atoms. The van der Waals surface area contributed by atoms with Gasteiger partial charge in [0.25, 0.3) is 0 Å². The fourth-order valence-electron chi connectivity index (χ4n) is 1.72. The van der Waals surface area contributed by atoms with Crippen LogP contribution in [0.5, 0.6) is 0 Å². The molecule has 0 aromatic rings. The normalized spacial score (nSPS) is 16.7. The van der Waals surface area contributed by atoms with Crippen molar-refractivity contribution in [2.75, 3.05) is 24.6 Å². The van der Waals surface area contributed by atoms with E-state index in [9.17, 15) is 14.4 Å². The standard InChI is InChI=1S/C11H18N2O5S/c14-9(15)3-1-2-8(10(16)17)12-11(18)13-4-6-19-7-5-13/h8H,1-7H2,(H,12,18)(H,14,15)(H,16,17)/t8-/m1/s1. The Morgan fingerprint density at radius 2 is 1.84 bits per heavy atom. The summed E-state index contributed by atoms with van der Waals surface area (Å²) in [6, 6.07) is -1.41. The number of carboxylic acids is 2. The average molecular weight is 290 g/mol. The predicted octanol–water partition coefficient (Wildman–Crippen LogP) is 0.453. The molecule has 1 atom stereocenters. The largest absolute Gasteiger partial charge is 0.481 e. The van der Waals surface area contributed by atoms with Crippen molar-refractivity contribution in [2.45, 2.75) is 25.3 Å². The second-order valence-corrected chi connectivity index (χ2v) is 5.45. The Morgan fingerprint density at radius 3 is 2.37 bits per heavy atom. The number of hydrogen-bond donors (Lipinski definition) is 3. The third-order valence-corrected chi connectivity index (χ3v) is 3.72. The highest BCUT2D eigenvalue weighted by Gasteiger charge is 2.24. The van der Waals surface area contributed by atoms with Crippen molar-refractivity contribution >= 4 is 29.7 Å². The van der Waals surface area contributed by atoms with Gasteiger partial charge < -0.3 is 20.4 Å². The van der Waals surface area contributed by atoms with Gasteiger partial charge in [-0.15, -0.1) is 0 Å². The highest BCUT2D eigenvalue weighted by Crippen LogP contribution is 2.10. The van der Waals surface area contributed by atoms with E-state index in [1.54, 1.807) is 16.7 Å². The summed E-state index contributed by atoms with van der Waals surface area (Å²) in [5.74, 6) is -0.400. The van der Waals surface area contributed by atoms with Crippen LogP contribution in [0.1, 0.15) is 19.3 Å². The number of amides is 2. The first kappa shape index (κ1) is 15.6. The van der Waals surface area contributed by atoms with Crippen molar-refractivity contribution < 1.29 is 24.6 Å². The number of urea groups is 1. The van der Waals surface area contributed by atoms with Gasteiger partial charge in [0, 0.05) is 31.0 Å². The smallest absolute Gasteiger partial charge is 0.326 e. The third-order valence-electron chi connectivity index (χ3n) is 2.78. The Balaban J connectivity index is 2.41. The topological polar surface area (TPSA) is 107 Å². The summed E-state index contributed by atoms with van der Waals surface area (Å²) >= 11 is 1.76. The zero-order valence-electron chi connectivity index (χ0n) is 10.5. The lowest BCUT2D eigenvalue weighted by Gasteiger charge is -2.28. The van der Waals surface area contributed by atoms with Crippen LogP contribution in [0.3, 0.4) is 0 Å². The fourth-order valence-corrected chi connectivity index (χ4v) is 2.62. The molecule has 7 nitrogen and oxygen atoms in total. The van der Waals surface area contributed by atoms with Crippen molar-refractivity contribution in [3.8, 4) is 0 Å². The van der Waals surface area contributed by atoms with E-state index in [0.717, 1.165) is 11.5 Å². The van der Waals surface area contributed by atoms with Crippen LogP contribution in [0.15, 0.2) is 0 Å². The number of hydrogen-bond acceptors (Lipinski definition) is 4. The fraction of sp³-hybridized carbons (Fsp3) is 0.727. The molecule has 0 radical (unpaired) electrons. The van der Waals surface area contributed by atoms with Crippen LogP contribution in [-0.4, -0.2) is 63.7 Å². The van der Waals surface area contributed by atoms with Gasteiger partial charge in [-0.05, 0) is 12.8 Å². The number of rotatable bonds is 6. The van der Waals surface area contributed by atoms with Crippen LogP contribution in [0.25, 0.3) is 0 Å². The first-order chi connectivity index (χ1) is 9.00. The lowest BCUT2D eigenvalue weighted by molar-refractivity contribution is -0.140. The molecule has 108 valence electrons. The predicted molar refractivity (Wildman–Crippen MR) is 70.3 cm³/mol. The molecular formula is C11H18N2O5S. The summed E-state index contributed by atoms with van der Waals surface area (Å²) < 4.78 is 0. The van der Waals surface area contributed by atoms with Crippen LogP contribution in [0.2, 0.25) is 0 Å². The number of carboxylic acid groups (broad SMARTS) is 2. The summed E-state index contributed by atoms with van der Waals surface area (Å²) in [6.45, 7) is 1.22. The van der Waals surface area contributed by atoms with Crippen molar-refractivity contribution in [3.05, 3.63) is 0 Å². The molecule has 1 aliphatic rings. The van der Waals surface area contributed by atoms with Crippen molar-refractivity contribution in [1.29, 1.82) is 0 Å². The summed E-state index contributed by atoms with van der Waals surface area (Å²) in [6.07, 6.45) is 0.248. The van der Waals surface area contributed by atoms with Crippen LogP contribution in [-0.2, 0) is 9.59 Å². The Labute approximate surface area is 115 Å². The van der Waals surface area contributed by atoms with Gasteiger partial charge in [0.05, 0.1) is 0 Å². The van der Waals surface area contributed by atoms with Crippen molar-refractivity contribution in [3.63, 3.8) is 0 Å². The zero-order chi connectivity index (χ0) is 14.3. The highest BCUT2D eigenvalue weighted by atomic mass is 32.2. The van der Waals surface area contributed by atoms with Crippen LogP contribution >= 0.6 is 11.8 Å². The summed E-state index contributed by atoms with van der Waals surface area (Å²) in [5, 5.41) is 20.0. The molecule has 8 heteroatoms. The number of aliphatic carboxylic acids is 2. The maximum atomic E-state index is 11.8. The minimum Gasteiger partial charge on any atom is -0.481 e. The molecule has 1 fully saturated rings. The Bertz CT molecular complexity index is 344. The molecule has 0 bridgehead atoms. The molecule has 0 aromatic heterocycles. The number of thioether (sulfide) groups is 1. The molecule has 19 heavy (non-hydrogen) atoms. The maximum absolute atomic E-state index is 11.8. The molecule has 1 heterocycles. The summed E-state index contributed by atoms with van der Waals surface area (Å²) in [4.78, 5) is 34.8. The summed E-state index contributed by atoms with van der Waals surface area (Å²) in [5.41, 5.74) is 0. The third kappa shape index (κ3) is 5.82. The SMILES string of the molecule is O=C(O)CCC[C@@H](NC(=O)N1CCSCC1)C(=O)O. The van der Waals surface area contributed by atoms with Crippen LogP contribution in [0, 0.1) is 0 Å². The lowest BCUT2D eigenvalue weighted by Crippen LogP contribution is -2.50. The van der Waals surface area contributed by atoms with E-state index in [1.807, 2.05) is 0 Å². The molecule has 1 rings (SSSR count). The van der Waals surface area contributed by atoms with E-state index in [4.69, 9.17) is 10.2 Å². The van der Waals surface area contributed by atoms with E-state index in [2.05, 4.69) is 5.32 Å². The molecule has 0 aromatic carbocycles. The first-order valence-electron chi connectivity index (χ1n) is 6.08. The highest BCUT2D eigenvalue weighted by molar-refractivity contribution is 7.99. The van der Waals surface area contributed by atoms with E-state index in [0.29, 0.717) is 13.1 Å². The Kier molecular flexibility index (Phi) is 6.48. The van der Waals surface area contributed by atoms with Crippen LogP contribution in [0.4, 0.5) is 4.79 Å². The van der Waals surface area contributed by atoms with Gasteiger partial charge in [-0.1, -0.05) is 0 Å². The monoisotopic (exact) mass is 290 g/mol. The van der Waals surface area contributed by atoms with Gasteiger partial charge in [-0.2, -0.15) is 11.8 Å². The molecule has 2 amide bonds.